The zero-order valence-electron chi connectivity index (χ0n) is 14.2. The SMILES string of the molecule is C=CC1(C)CCC2=C(C1)C(=O)CC1C(C)(C)CCCC21C. The van der Waals surface area contributed by atoms with Crippen LogP contribution in [-0.2, 0) is 4.79 Å². The van der Waals surface area contributed by atoms with Crippen molar-refractivity contribution in [2.45, 2.75) is 72.6 Å². The van der Waals surface area contributed by atoms with Gasteiger partial charge in [-0.3, -0.25) is 4.79 Å². The predicted octanol–water partition coefficient (Wildman–Crippen LogP) is 5.46. The molecule has 116 valence electrons. The number of allylic oxidation sites excluding steroid dienone is 3. The van der Waals surface area contributed by atoms with Crippen molar-refractivity contribution >= 4 is 5.78 Å². The number of carbonyl (C=O) groups is 1. The Morgan fingerprint density at radius 3 is 2.52 bits per heavy atom. The Morgan fingerprint density at radius 1 is 1.14 bits per heavy atom. The van der Waals surface area contributed by atoms with E-state index in [9.17, 15) is 4.79 Å². The lowest BCUT2D eigenvalue weighted by atomic mass is 9.48. The number of fused-ring (bicyclic) bond motifs is 2. The third-order valence-corrected chi connectivity index (χ3v) is 7.03. The molecule has 3 aliphatic rings. The van der Waals surface area contributed by atoms with Crippen LogP contribution in [0.4, 0.5) is 0 Å². The second-order valence-corrected chi connectivity index (χ2v) is 8.93. The second-order valence-electron chi connectivity index (χ2n) is 8.93. The monoisotopic (exact) mass is 286 g/mol. The predicted molar refractivity (Wildman–Crippen MR) is 88.0 cm³/mol. The van der Waals surface area contributed by atoms with Crippen LogP contribution < -0.4 is 0 Å². The van der Waals surface area contributed by atoms with Gasteiger partial charge >= 0.3 is 0 Å². The first-order valence-corrected chi connectivity index (χ1v) is 8.61. The summed E-state index contributed by atoms with van der Waals surface area (Å²) in [5, 5.41) is 0. The van der Waals surface area contributed by atoms with E-state index in [0.717, 1.165) is 25.7 Å². The van der Waals surface area contributed by atoms with Gasteiger partial charge in [0.05, 0.1) is 0 Å². The smallest absolute Gasteiger partial charge is 0.159 e. The molecule has 0 spiro atoms. The molecule has 1 nitrogen and oxygen atoms in total. The molecule has 0 heterocycles. The van der Waals surface area contributed by atoms with E-state index < -0.39 is 0 Å². The van der Waals surface area contributed by atoms with Gasteiger partial charge in [-0.1, -0.05) is 45.8 Å². The van der Waals surface area contributed by atoms with E-state index in [-0.39, 0.29) is 10.8 Å². The topological polar surface area (TPSA) is 17.1 Å². The molecule has 1 saturated carbocycles. The molecule has 3 unspecified atom stereocenters. The fourth-order valence-electron chi connectivity index (χ4n) is 5.53. The average Bonchev–Trinajstić information content (AvgIpc) is 2.41. The molecule has 3 aliphatic carbocycles. The van der Waals surface area contributed by atoms with Crippen molar-refractivity contribution in [2.24, 2.45) is 22.2 Å². The van der Waals surface area contributed by atoms with Crippen LogP contribution in [-0.4, -0.2) is 5.78 Å². The normalized spacial score (nSPS) is 42.3. The molecule has 0 bridgehead atoms. The van der Waals surface area contributed by atoms with Crippen molar-refractivity contribution in [2.75, 3.05) is 0 Å². The van der Waals surface area contributed by atoms with Gasteiger partial charge in [-0.2, -0.15) is 0 Å². The van der Waals surface area contributed by atoms with Gasteiger partial charge in [-0.15, -0.1) is 6.58 Å². The number of hydrogen-bond donors (Lipinski definition) is 0. The fraction of sp³-hybridized carbons (Fsp3) is 0.750. The molecular formula is C20H30O. The van der Waals surface area contributed by atoms with Crippen LogP contribution in [0.2, 0.25) is 0 Å². The molecule has 0 radical (unpaired) electrons. The lowest BCUT2D eigenvalue weighted by molar-refractivity contribution is -0.122. The summed E-state index contributed by atoms with van der Waals surface area (Å²) in [6.45, 7) is 13.5. The van der Waals surface area contributed by atoms with Crippen LogP contribution >= 0.6 is 0 Å². The Labute approximate surface area is 129 Å². The van der Waals surface area contributed by atoms with E-state index in [1.165, 1.54) is 30.4 Å². The first-order valence-electron chi connectivity index (χ1n) is 8.61. The fourth-order valence-corrected chi connectivity index (χ4v) is 5.53. The Bertz CT molecular complexity index is 524. The van der Waals surface area contributed by atoms with E-state index in [1.54, 1.807) is 0 Å². The maximum absolute atomic E-state index is 12.8. The third-order valence-electron chi connectivity index (χ3n) is 7.03. The molecule has 0 aromatic carbocycles. The van der Waals surface area contributed by atoms with Crippen LogP contribution in [0.1, 0.15) is 72.6 Å². The molecule has 0 N–H and O–H groups in total. The maximum Gasteiger partial charge on any atom is 0.159 e. The highest BCUT2D eigenvalue weighted by atomic mass is 16.1. The minimum absolute atomic E-state index is 0.127. The van der Waals surface area contributed by atoms with Crippen molar-refractivity contribution in [1.29, 1.82) is 0 Å². The molecule has 1 heteroatoms. The summed E-state index contributed by atoms with van der Waals surface area (Å²) in [4.78, 5) is 12.8. The van der Waals surface area contributed by atoms with E-state index in [2.05, 4.69) is 40.3 Å². The Hall–Kier alpha value is -0.850. The lowest BCUT2D eigenvalue weighted by Gasteiger charge is -2.56. The Morgan fingerprint density at radius 2 is 1.86 bits per heavy atom. The van der Waals surface area contributed by atoms with Crippen molar-refractivity contribution in [3.8, 4) is 0 Å². The van der Waals surface area contributed by atoms with Gasteiger partial charge in [0.25, 0.3) is 0 Å². The summed E-state index contributed by atoms with van der Waals surface area (Å²) in [6.07, 6.45) is 9.89. The number of carbonyl (C=O) groups excluding carboxylic acids is 1. The van der Waals surface area contributed by atoms with Gasteiger partial charge in [-0.25, -0.2) is 0 Å². The van der Waals surface area contributed by atoms with Gasteiger partial charge < -0.3 is 0 Å². The number of rotatable bonds is 1. The largest absolute Gasteiger partial charge is 0.295 e. The highest BCUT2D eigenvalue weighted by molar-refractivity contribution is 5.98. The maximum atomic E-state index is 12.8. The van der Waals surface area contributed by atoms with Gasteiger partial charge in [0.1, 0.15) is 0 Å². The van der Waals surface area contributed by atoms with Crippen LogP contribution in [0.25, 0.3) is 0 Å². The summed E-state index contributed by atoms with van der Waals surface area (Å²) < 4.78 is 0. The van der Waals surface area contributed by atoms with E-state index in [0.29, 0.717) is 17.1 Å². The van der Waals surface area contributed by atoms with Crippen molar-refractivity contribution < 1.29 is 4.79 Å². The third kappa shape index (κ3) is 2.15. The molecule has 0 amide bonds. The van der Waals surface area contributed by atoms with Gasteiger partial charge in [0, 0.05) is 6.42 Å². The summed E-state index contributed by atoms with van der Waals surface area (Å²) in [5.41, 5.74) is 3.41. The van der Waals surface area contributed by atoms with Gasteiger partial charge in [0.2, 0.25) is 0 Å². The summed E-state index contributed by atoms with van der Waals surface area (Å²) >= 11 is 0. The first-order chi connectivity index (χ1) is 9.72. The number of Topliss-reactive ketones (excluding diaryl/α,β-unsaturated/α-hetero) is 1. The van der Waals surface area contributed by atoms with Crippen LogP contribution in [0.3, 0.4) is 0 Å². The second kappa shape index (κ2) is 4.57. The van der Waals surface area contributed by atoms with Gasteiger partial charge in [-0.05, 0) is 59.8 Å². The molecule has 0 aromatic rings. The summed E-state index contributed by atoms with van der Waals surface area (Å²) in [7, 11) is 0. The van der Waals surface area contributed by atoms with E-state index in [4.69, 9.17) is 0 Å². The zero-order valence-corrected chi connectivity index (χ0v) is 14.2. The average molecular weight is 286 g/mol. The number of ketones is 1. The quantitative estimate of drug-likeness (QED) is 0.585. The molecular weight excluding hydrogens is 256 g/mol. The van der Waals surface area contributed by atoms with Crippen LogP contribution in [0.5, 0.6) is 0 Å². The van der Waals surface area contributed by atoms with E-state index in [1.807, 2.05) is 0 Å². The minimum atomic E-state index is 0.127. The van der Waals surface area contributed by atoms with Crippen LogP contribution in [0, 0.1) is 22.2 Å². The summed E-state index contributed by atoms with van der Waals surface area (Å²) in [6, 6.07) is 0. The molecule has 0 aliphatic heterocycles. The molecule has 3 atom stereocenters. The first kappa shape index (κ1) is 15.1. The molecule has 0 aromatic heterocycles. The molecule has 3 rings (SSSR count). The molecule has 0 saturated heterocycles. The highest BCUT2D eigenvalue weighted by Gasteiger charge is 2.53. The summed E-state index contributed by atoms with van der Waals surface area (Å²) in [5.74, 6) is 0.980. The molecule has 1 fully saturated rings. The molecule has 21 heavy (non-hydrogen) atoms. The number of hydrogen-bond acceptors (Lipinski definition) is 1. The minimum Gasteiger partial charge on any atom is -0.295 e. The van der Waals surface area contributed by atoms with Crippen LogP contribution in [0.15, 0.2) is 23.8 Å². The standard InChI is InChI=1S/C20H30O/c1-6-19(4)11-8-15-14(13-19)16(21)12-17-18(2,3)9-7-10-20(15,17)5/h6,17H,1,7-13H2,2-5H3. The lowest BCUT2D eigenvalue weighted by Crippen LogP contribution is -2.49. The van der Waals surface area contributed by atoms with E-state index >= 15 is 0 Å². The Kier molecular flexibility index (Phi) is 3.28. The van der Waals surface area contributed by atoms with Crippen molar-refractivity contribution in [3.05, 3.63) is 23.8 Å². The van der Waals surface area contributed by atoms with Gasteiger partial charge in [0.15, 0.2) is 5.78 Å². The van der Waals surface area contributed by atoms with Crippen molar-refractivity contribution in [3.63, 3.8) is 0 Å². The Balaban J connectivity index is 2.07. The zero-order chi connectivity index (χ0) is 15.5. The van der Waals surface area contributed by atoms with Crippen molar-refractivity contribution in [1.82, 2.24) is 0 Å². The highest BCUT2D eigenvalue weighted by Crippen LogP contribution is 2.62.